The van der Waals surface area contributed by atoms with E-state index in [1.807, 2.05) is 0 Å². The van der Waals surface area contributed by atoms with Gasteiger partial charge >= 0.3 is 11.9 Å². The fourth-order valence-electron chi connectivity index (χ4n) is 2.85. The summed E-state index contributed by atoms with van der Waals surface area (Å²) < 4.78 is 4.95. The smallest absolute Gasteiger partial charge is 0.338 e. The van der Waals surface area contributed by atoms with Gasteiger partial charge in [0.2, 0.25) is 11.8 Å². The lowest BCUT2D eigenvalue weighted by molar-refractivity contribution is -0.121. The molecule has 1 atom stereocenters. The SMILES string of the molecule is CCOC(=O)c1cccc(N2C(=O)CC(Sc3ccccc3C(=O)O)C2=O)c1. The molecule has 1 fully saturated rings. The summed E-state index contributed by atoms with van der Waals surface area (Å²) in [4.78, 5) is 50.0. The molecule has 0 spiro atoms. The van der Waals surface area contributed by atoms with Gasteiger partial charge in [0.15, 0.2) is 0 Å². The van der Waals surface area contributed by atoms with Gasteiger partial charge < -0.3 is 9.84 Å². The van der Waals surface area contributed by atoms with Gasteiger partial charge in [-0.15, -0.1) is 11.8 Å². The Bertz CT molecular complexity index is 957. The Hall–Kier alpha value is -3.13. The van der Waals surface area contributed by atoms with E-state index in [2.05, 4.69) is 0 Å². The van der Waals surface area contributed by atoms with Crippen molar-refractivity contribution in [2.45, 2.75) is 23.5 Å². The predicted octanol–water partition coefficient (Wildman–Crippen LogP) is 2.99. The molecule has 1 heterocycles. The van der Waals surface area contributed by atoms with Crippen molar-refractivity contribution >= 4 is 41.2 Å². The molecular formula is C20H17NO6S. The number of ether oxygens (including phenoxy) is 1. The van der Waals surface area contributed by atoms with E-state index in [9.17, 15) is 24.3 Å². The van der Waals surface area contributed by atoms with Crippen LogP contribution < -0.4 is 4.90 Å². The van der Waals surface area contributed by atoms with Gasteiger partial charge in [-0.05, 0) is 37.3 Å². The normalized spacial score (nSPS) is 16.3. The number of nitrogens with zero attached hydrogens (tertiary/aromatic N) is 1. The number of imide groups is 1. The third-order valence-electron chi connectivity index (χ3n) is 4.11. The van der Waals surface area contributed by atoms with Gasteiger partial charge in [-0.1, -0.05) is 18.2 Å². The number of carbonyl (C=O) groups is 4. The number of carboxylic acids is 1. The first-order valence-corrected chi connectivity index (χ1v) is 9.43. The summed E-state index contributed by atoms with van der Waals surface area (Å²) in [5, 5.41) is 8.56. The molecule has 0 saturated carbocycles. The molecule has 0 aromatic heterocycles. The first-order valence-electron chi connectivity index (χ1n) is 8.55. The van der Waals surface area contributed by atoms with Crippen molar-refractivity contribution in [2.24, 2.45) is 0 Å². The van der Waals surface area contributed by atoms with E-state index in [1.165, 1.54) is 12.1 Å². The second-order valence-corrected chi connectivity index (χ2v) is 7.19. The molecule has 1 saturated heterocycles. The van der Waals surface area contributed by atoms with Gasteiger partial charge in [-0.2, -0.15) is 0 Å². The second kappa shape index (κ2) is 8.26. The van der Waals surface area contributed by atoms with Crippen LogP contribution >= 0.6 is 11.8 Å². The number of anilines is 1. The highest BCUT2D eigenvalue weighted by atomic mass is 32.2. The highest BCUT2D eigenvalue weighted by Gasteiger charge is 2.40. The second-order valence-electron chi connectivity index (χ2n) is 5.95. The molecule has 1 aliphatic rings. The quantitative estimate of drug-likeness (QED) is 0.589. The number of benzene rings is 2. The van der Waals surface area contributed by atoms with Gasteiger partial charge in [0.25, 0.3) is 0 Å². The summed E-state index contributed by atoms with van der Waals surface area (Å²) in [6.07, 6.45) is -0.0545. The van der Waals surface area contributed by atoms with E-state index in [-0.39, 0.29) is 29.8 Å². The summed E-state index contributed by atoms with van der Waals surface area (Å²) in [5.41, 5.74) is 0.609. The zero-order valence-corrected chi connectivity index (χ0v) is 15.8. The van der Waals surface area contributed by atoms with Gasteiger partial charge in [0.1, 0.15) is 0 Å². The van der Waals surface area contributed by atoms with Crippen LogP contribution in [0.4, 0.5) is 5.69 Å². The van der Waals surface area contributed by atoms with Crippen molar-refractivity contribution in [1.82, 2.24) is 0 Å². The van der Waals surface area contributed by atoms with E-state index < -0.39 is 29.0 Å². The molecule has 8 heteroatoms. The van der Waals surface area contributed by atoms with Crippen LogP contribution in [-0.2, 0) is 14.3 Å². The van der Waals surface area contributed by atoms with Crippen LogP contribution in [0.25, 0.3) is 0 Å². The molecule has 144 valence electrons. The van der Waals surface area contributed by atoms with E-state index in [0.717, 1.165) is 16.7 Å². The lowest BCUT2D eigenvalue weighted by atomic mass is 10.2. The Balaban J connectivity index is 1.84. The molecule has 28 heavy (non-hydrogen) atoms. The Kier molecular flexibility index (Phi) is 5.79. The van der Waals surface area contributed by atoms with Gasteiger partial charge in [0.05, 0.1) is 28.7 Å². The fourth-order valence-corrected chi connectivity index (χ4v) is 4.03. The molecule has 2 amide bonds. The molecule has 1 N–H and O–H groups in total. The first-order chi connectivity index (χ1) is 13.4. The van der Waals surface area contributed by atoms with Crippen molar-refractivity contribution in [1.29, 1.82) is 0 Å². The number of aromatic carboxylic acids is 1. The number of amides is 2. The molecular weight excluding hydrogens is 382 g/mol. The Morgan fingerprint density at radius 3 is 2.64 bits per heavy atom. The predicted molar refractivity (Wildman–Crippen MR) is 103 cm³/mol. The summed E-state index contributed by atoms with van der Waals surface area (Å²) in [7, 11) is 0. The zero-order valence-electron chi connectivity index (χ0n) is 15.0. The van der Waals surface area contributed by atoms with Crippen LogP contribution in [0.2, 0.25) is 0 Å². The van der Waals surface area contributed by atoms with Crippen LogP contribution in [0.1, 0.15) is 34.1 Å². The molecule has 1 aliphatic heterocycles. The highest BCUT2D eigenvalue weighted by molar-refractivity contribution is 8.00. The lowest BCUT2D eigenvalue weighted by Gasteiger charge is -2.16. The number of hydrogen-bond donors (Lipinski definition) is 1. The zero-order chi connectivity index (χ0) is 20.3. The van der Waals surface area contributed by atoms with Crippen LogP contribution in [0, 0.1) is 0 Å². The summed E-state index contributed by atoms with van der Waals surface area (Å²) in [6.45, 7) is 1.90. The standard InChI is InChI=1S/C20H17NO6S/c1-2-27-20(26)12-6-5-7-13(10-12)21-17(22)11-16(18(21)23)28-15-9-4-3-8-14(15)19(24)25/h3-10,16H,2,11H2,1H3,(H,24,25). The molecule has 2 aromatic rings. The van der Waals surface area contributed by atoms with E-state index >= 15 is 0 Å². The number of hydrogen-bond acceptors (Lipinski definition) is 6. The first kappa shape index (κ1) is 19.6. The van der Waals surface area contributed by atoms with Crippen LogP contribution in [0.5, 0.6) is 0 Å². The molecule has 0 bridgehead atoms. The maximum absolute atomic E-state index is 12.8. The van der Waals surface area contributed by atoms with Crippen LogP contribution in [0.3, 0.4) is 0 Å². The number of carbonyl (C=O) groups excluding carboxylic acids is 3. The van der Waals surface area contributed by atoms with Crippen LogP contribution in [-0.4, -0.2) is 40.7 Å². The number of rotatable bonds is 6. The molecule has 1 unspecified atom stereocenters. The Labute approximate surface area is 165 Å². The van der Waals surface area contributed by atoms with E-state index in [4.69, 9.17) is 4.74 Å². The summed E-state index contributed by atoms with van der Waals surface area (Å²) >= 11 is 1.05. The average molecular weight is 399 g/mol. The molecule has 0 aliphatic carbocycles. The topological polar surface area (TPSA) is 101 Å². The number of carboxylic acid groups (broad SMARTS) is 1. The summed E-state index contributed by atoms with van der Waals surface area (Å²) in [5.74, 6) is -2.49. The van der Waals surface area contributed by atoms with Gasteiger partial charge in [-0.25, -0.2) is 14.5 Å². The largest absolute Gasteiger partial charge is 0.478 e. The van der Waals surface area contributed by atoms with E-state index in [0.29, 0.717) is 4.90 Å². The minimum Gasteiger partial charge on any atom is -0.478 e. The lowest BCUT2D eigenvalue weighted by Crippen LogP contribution is -2.31. The average Bonchev–Trinajstić information content (AvgIpc) is 2.95. The Morgan fingerprint density at radius 2 is 1.93 bits per heavy atom. The Morgan fingerprint density at radius 1 is 1.18 bits per heavy atom. The van der Waals surface area contributed by atoms with Crippen molar-refractivity contribution in [2.75, 3.05) is 11.5 Å². The van der Waals surface area contributed by atoms with Crippen LogP contribution in [0.15, 0.2) is 53.4 Å². The number of thioether (sulfide) groups is 1. The number of esters is 1. The minimum atomic E-state index is -1.10. The van der Waals surface area contributed by atoms with Crippen molar-refractivity contribution < 1.29 is 29.0 Å². The molecule has 3 rings (SSSR count). The summed E-state index contributed by atoms with van der Waals surface area (Å²) in [6, 6.07) is 12.5. The molecule has 7 nitrogen and oxygen atoms in total. The third-order valence-corrected chi connectivity index (χ3v) is 5.37. The van der Waals surface area contributed by atoms with Crippen molar-refractivity contribution in [3.8, 4) is 0 Å². The molecule has 0 radical (unpaired) electrons. The maximum Gasteiger partial charge on any atom is 0.338 e. The fraction of sp³-hybridized carbons (Fsp3) is 0.200. The van der Waals surface area contributed by atoms with E-state index in [1.54, 1.807) is 43.3 Å². The maximum atomic E-state index is 12.8. The molecule has 2 aromatic carbocycles. The van der Waals surface area contributed by atoms with Crippen molar-refractivity contribution in [3.05, 3.63) is 59.7 Å². The van der Waals surface area contributed by atoms with Crippen molar-refractivity contribution in [3.63, 3.8) is 0 Å². The minimum absolute atomic E-state index is 0.0545. The van der Waals surface area contributed by atoms with Gasteiger partial charge in [0, 0.05) is 11.3 Å². The van der Waals surface area contributed by atoms with Gasteiger partial charge in [-0.3, -0.25) is 9.59 Å². The monoisotopic (exact) mass is 399 g/mol. The highest BCUT2D eigenvalue weighted by Crippen LogP contribution is 2.35. The third kappa shape index (κ3) is 3.91.